The number of piperidine rings is 1. The van der Waals surface area contributed by atoms with Crippen molar-refractivity contribution in [3.63, 3.8) is 0 Å². The maximum absolute atomic E-state index is 13.8. The highest BCUT2D eigenvalue weighted by atomic mass is 16.2. The van der Waals surface area contributed by atoms with Gasteiger partial charge in [0.25, 0.3) is 11.8 Å². The van der Waals surface area contributed by atoms with Crippen LogP contribution in [0.4, 0.5) is 0 Å². The highest BCUT2D eigenvalue weighted by Gasteiger charge is 2.32. The first-order valence-corrected chi connectivity index (χ1v) is 15.0. The van der Waals surface area contributed by atoms with Crippen LogP contribution >= 0.6 is 0 Å². The fraction of sp³-hybridized carbons (Fsp3) is 0.353. The van der Waals surface area contributed by atoms with Crippen LogP contribution < -0.4 is 0 Å². The van der Waals surface area contributed by atoms with Crippen LogP contribution in [0.5, 0.6) is 0 Å². The summed E-state index contributed by atoms with van der Waals surface area (Å²) in [6.45, 7) is 9.19. The molecule has 4 heterocycles. The summed E-state index contributed by atoms with van der Waals surface area (Å²) in [5.41, 5.74) is 5.82. The van der Waals surface area contributed by atoms with Gasteiger partial charge in [-0.25, -0.2) is 4.98 Å². The molecule has 42 heavy (non-hydrogen) atoms. The molecule has 6 rings (SSSR count). The third kappa shape index (κ3) is 5.85. The van der Waals surface area contributed by atoms with Crippen molar-refractivity contribution in [2.75, 3.05) is 39.3 Å². The van der Waals surface area contributed by atoms with E-state index >= 15 is 0 Å². The van der Waals surface area contributed by atoms with Crippen LogP contribution in [0.2, 0.25) is 0 Å². The standard InChI is InChI=1S/C34H38N6O2/c1-3-40-32(22-25(2)36-40)34(42)38-16-14-29(15-17-38)37-18-20-39(21-19-37)33(41)28-23-30(26-10-6-4-7-11-26)35-31(24-28)27-12-8-5-9-13-27/h4-13,22-24,29H,3,14-21H2,1-2H3. The molecule has 0 bridgehead atoms. The summed E-state index contributed by atoms with van der Waals surface area (Å²) < 4.78 is 1.80. The zero-order valence-corrected chi connectivity index (χ0v) is 24.4. The lowest BCUT2D eigenvalue weighted by Gasteiger charge is -2.42. The number of hydrogen-bond donors (Lipinski definition) is 0. The summed E-state index contributed by atoms with van der Waals surface area (Å²) in [6, 6.07) is 26.2. The van der Waals surface area contributed by atoms with Crippen LogP contribution in [0.25, 0.3) is 22.5 Å². The number of hydrogen-bond acceptors (Lipinski definition) is 5. The molecule has 2 aromatic heterocycles. The maximum Gasteiger partial charge on any atom is 0.272 e. The van der Waals surface area contributed by atoms with Gasteiger partial charge in [-0.05, 0) is 44.9 Å². The Bertz CT molecular complexity index is 1480. The quantitative estimate of drug-likeness (QED) is 0.331. The number of carbonyl (C=O) groups excluding carboxylic acids is 2. The average molecular weight is 563 g/mol. The number of benzene rings is 2. The summed E-state index contributed by atoms with van der Waals surface area (Å²) >= 11 is 0. The Morgan fingerprint density at radius 1 is 0.738 bits per heavy atom. The smallest absolute Gasteiger partial charge is 0.272 e. The molecule has 2 aliphatic heterocycles. The van der Waals surface area contributed by atoms with E-state index in [-0.39, 0.29) is 11.8 Å². The van der Waals surface area contributed by atoms with Gasteiger partial charge in [0.2, 0.25) is 0 Å². The Labute approximate surface area is 247 Å². The van der Waals surface area contributed by atoms with Gasteiger partial charge in [-0.1, -0.05) is 60.7 Å². The summed E-state index contributed by atoms with van der Waals surface area (Å²) in [5.74, 6) is 0.128. The van der Waals surface area contributed by atoms with E-state index in [4.69, 9.17) is 4.98 Å². The molecule has 0 unspecified atom stereocenters. The molecule has 2 amide bonds. The van der Waals surface area contributed by atoms with Gasteiger partial charge in [0.15, 0.2) is 0 Å². The zero-order valence-electron chi connectivity index (χ0n) is 24.4. The van der Waals surface area contributed by atoms with Gasteiger partial charge in [0.05, 0.1) is 17.1 Å². The number of rotatable bonds is 6. The lowest BCUT2D eigenvalue weighted by molar-refractivity contribution is 0.0408. The molecule has 4 aromatic rings. The van der Waals surface area contributed by atoms with Gasteiger partial charge in [-0.15, -0.1) is 0 Å². The molecule has 0 saturated carbocycles. The number of aromatic nitrogens is 3. The van der Waals surface area contributed by atoms with Crippen molar-refractivity contribution in [2.24, 2.45) is 0 Å². The lowest BCUT2D eigenvalue weighted by Crippen LogP contribution is -2.54. The number of pyridine rings is 1. The fourth-order valence-corrected chi connectivity index (χ4v) is 6.20. The Kier molecular flexibility index (Phi) is 8.15. The third-order valence-electron chi connectivity index (χ3n) is 8.50. The fourth-order valence-electron chi connectivity index (χ4n) is 6.20. The third-order valence-corrected chi connectivity index (χ3v) is 8.50. The van der Waals surface area contributed by atoms with E-state index in [0.717, 1.165) is 67.2 Å². The Hall–Kier alpha value is -4.30. The van der Waals surface area contributed by atoms with Crippen LogP contribution in [0, 0.1) is 6.92 Å². The number of piperazine rings is 1. The second-order valence-corrected chi connectivity index (χ2v) is 11.2. The second kappa shape index (κ2) is 12.3. The van der Waals surface area contributed by atoms with Gasteiger partial charge in [0.1, 0.15) is 5.69 Å². The van der Waals surface area contributed by atoms with E-state index in [1.807, 2.05) is 103 Å². The number of amides is 2. The topological polar surface area (TPSA) is 74.6 Å². The first-order valence-electron chi connectivity index (χ1n) is 15.0. The second-order valence-electron chi connectivity index (χ2n) is 11.2. The molecular weight excluding hydrogens is 524 g/mol. The first-order chi connectivity index (χ1) is 20.5. The van der Waals surface area contributed by atoms with E-state index in [1.165, 1.54) is 0 Å². The number of aryl methyl sites for hydroxylation is 2. The minimum atomic E-state index is 0.0506. The van der Waals surface area contributed by atoms with Crippen molar-refractivity contribution in [1.29, 1.82) is 0 Å². The highest BCUT2D eigenvalue weighted by Crippen LogP contribution is 2.26. The van der Waals surface area contributed by atoms with Gasteiger partial charge in [-0.3, -0.25) is 19.2 Å². The Morgan fingerprint density at radius 2 is 1.29 bits per heavy atom. The predicted octanol–water partition coefficient (Wildman–Crippen LogP) is 5.00. The van der Waals surface area contributed by atoms with E-state index in [0.29, 0.717) is 36.9 Å². The summed E-state index contributed by atoms with van der Waals surface area (Å²) in [6.07, 6.45) is 1.90. The Morgan fingerprint density at radius 3 is 1.83 bits per heavy atom. The molecule has 8 heteroatoms. The zero-order chi connectivity index (χ0) is 29.1. The summed E-state index contributed by atoms with van der Waals surface area (Å²) in [4.78, 5) is 38.3. The lowest BCUT2D eigenvalue weighted by atomic mass is 10.0. The number of nitrogens with zero attached hydrogens (tertiary/aromatic N) is 6. The van der Waals surface area contributed by atoms with Crippen LogP contribution in [0.1, 0.15) is 46.3 Å². The summed E-state index contributed by atoms with van der Waals surface area (Å²) in [7, 11) is 0. The molecule has 2 aromatic carbocycles. The minimum absolute atomic E-state index is 0.0506. The molecule has 0 spiro atoms. The van der Waals surface area contributed by atoms with Crippen LogP contribution in [-0.4, -0.2) is 86.6 Å². The molecular formula is C34H38N6O2. The van der Waals surface area contributed by atoms with Gasteiger partial charge in [-0.2, -0.15) is 5.10 Å². The van der Waals surface area contributed by atoms with Crippen LogP contribution in [0.3, 0.4) is 0 Å². The van der Waals surface area contributed by atoms with Crippen LogP contribution in [0.15, 0.2) is 78.9 Å². The molecule has 216 valence electrons. The molecule has 2 aliphatic rings. The molecule has 0 radical (unpaired) electrons. The SMILES string of the molecule is CCn1nc(C)cc1C(=O)N1CCC(N2CCN(C(=O)c3cc(-c4ccccc4)nc(-c4ccccc4)c3)CC2)CC1. The number of likely N-dealkylation sites (tertiary alicyclic amines) is 1. The first kappa shape index (κ1) is 27.8. The van der Waals surface area contributed by atoms with Gasteiger partial charge < -0.3 is 9.80 Å². The van der Waals surface area contributed by atoms with E-state index in [1.54, 1.807) is 4.68 Å². The van der Waals surface area contributed by atoms with E-state index in [2.05, 4.69) is 10.00 Å². The molecule has 0 N–H and O–H groups in total. The highest BCUT2D eigenvalue weighted by molar-refractivity contribution is 5.96. The Balaban J connectivity index is 1.10. The van der Waals surface area contributed by atoms with Gasteiger partial charge >= 0.3 is 0 Å². The summed E-state index contributed by atoms with van der Waals surface area (Å²) in [5, 5.41) is 4.44. The predicted molar refractivity (Wildman–Crippen MR) is 164 cm³/mol. The average Bonchev–Trinajstić information content (AvgIpc) is 3.45. The molecule has 2 saturated heterocycles. The van der Waals surface area contributed by atoms with Crippen molar-refractivity contribution in [1.82, 2.24) is 29.5 Å². The van der Waals surface area contributed by atoms with Crippen molar-refractivity contribution in [3.05, 3.63) is 95.8 Å². The van der Waals surface area contributed by atoms with Crippen LogP contribution in [-0.2, 0) is 6.54 Å². The van der Waals surface area contributed by atoms with E-state index < -0.39 is 0 Å². The van der Waals surface area contributed by atoms with Crippen molar-refractivity contribution >= 4 is 11.8 Å². The maximum atomic E-state index is 13.8. The number of carbonyl (C=O) groups is 2. The molecule has 0 atom stereocenters. The van der Waals surface area contributed by atoms with Crippen molar-refractivity contribution < 1.29 is 9.59 Å². The van der Waals surface area contributed by atoms with E-state index in [9.17, 15) is 9.59 Å². The normalized spacial score (nSPS) is 16.5. The van der Waals surface area contributed by atoms with Crippen molar-refractivity contribution in [3.8, 4) is 22.5 Å². The van der Waals surface area contributed by atoms with Gasteiger partial charge in [0, 0.05) is 68.5 Å². The minimum Gasteiger partial charge on any atom is -0.337 e. The molecule has 2 fully saturated rings. The van der Waals surface area contributed by atoms with Crippen molar-refractivity contribution in [2.45, 2.75) is 39.3 Å². The monoisotopic (exact) mass is 562 g/mol. The molecule has 0 aliphatic carbocycles. The largest absolute Gasteiger partial charge is 0.337 e. The molecule has 8 nitrogen and oxygen atoms in total.